The third-order valence-electron chi connectivity index (χ3n) is 5.43. The van der Waals surface area contributed by atoms with E-state index in [4.69, 9.17) is 4.74 Å². The molecule has 176 valence electrons. The fraction of sp³-hybridized carbons (Fsp3) is 0.167. The lowest BCUT2D eigenvalue weighted by atomic mass is 10.0. The summed E-state index contributed by atoms with van der Waals surface area (Å²) in [4.78, 5) is 27.6. The number of alkyl halides is 3. The van der Waals surface area contributed by atoms with Crippen molar-refractivity contribution in [1.82, 2.24) is 5.43 Å². The predicted molar refractivity (Wildman–Crippen MR) is 118 cm³/mol. The quantitative estimate of drug-likeness (QED) is 0.595. The van der Waals surface area contributed by atoms with Crippen molar-refractivity contribution in [3.8, 4) is 5.75 Å². The van der Waals surface area contributed by atoms with Crippen LogP contribution in [-0.4, -0.2) is 42.0 Å². The van der Waals surface area contributed by atoms with Crippen molar-refractivity contribution in [1.29, 1.82) is 0 Å². The number of halogens is 3. The molecule has 4 rings (SSSR count). The first-order valence-corrected chi connectivity index (χ1v) is 10.2. The third kappa shape index (κ3) is 3.97. The SMILES string of the molecule is COc1ccc(C(=O)N(c2ccccc2)C2C(=O)N(c3ccccc3)NC2(O)C(F)(F)F)cc1. The van der Waals surface area contributed by atoms with Crippen LogP contribution in [0.4, 0.5) is 24.5 Å². The number of carbonyl (C=O) groups is 2. The van der Waals surface area contributed by atoms with Gasteiger partial charge in [0.2, 0.25) is 0 Å². The number of amides is 2. The zero-order chi connectivity index (χ0) is 24.5. The number of hydrazine groups is 1. The van der Waals surface area contributed by atoms with E-state index in [0.717, 1.165) is 0 Å². The molecule has 10 heteroatoms. The van der Waals surface area contributed by atoms with E-state index in [-0.39, 0.29) is 16.9 Å². The standard InChI is InChI=1S/C24H20F3N3O4/c1-34-19-14-12-16(13-15-19)21(31)29(17-8-4-2-5-9-17)20-22(32)30(18-10-6-3-7-11-18)28-23(20,33)24(25,26)27/h2-15,20,28,33H,1H3. The molecule has 1 fully saturated rings. The zero-order valence-corrected chi connectivity index (χ0v) is 17.9. The molecule has 0 aromatic heterocycles. The van der Waals surface area contributed by atoms with E-state index in [2.05, 4.69) is 0 Å². The minimum Gasteiger partial charge on any atom is -0.497 e. The molecule has 1 aliphatic rings. The molecule has 1 saturated heterocycles. The van der Waals surface area contributed by atoms with E-state index in [1.807, 2.05) is 5.43 Å². The Morgan fingerprint density at radius 1 is 1.00 bits per heavy atom. The van der Waals surface area contributed by atoms with E-state index in [1.54, 1.807) is 12.1 Å². The summed E-state index contributed by atoms with van der Waals surface area (Å²) in [5, 5.41) is 11.5. The number of benzene rings is 3. The average Bonchev–Trinajstić information content (AvgIpc) is 3.12. The number of aliphatic hydroxyl groups is 1. The van der Waals surface area contributed by atoms with Gasteiger partial charge in [-0.1, -0.05) is 36.4 Å². The molecule has 1 aliphatic heterocycles. The maximum atomic E-state index is 14.3. The first-order valence-electron chi connectivity index (χ1n) is 10.2. The second-order valence-electron chi connectivity index (χ2n) is 7.53. The number of para-hydroxylation sites is 2. The minimum atomic E-state index is -5.32. The van der Waals surface area contributed by atoms with Crippen LogP contribution < -0.4 is 20.1 Å². The molecule has 2 amide bonds. The van der Waals surface area contributed by atoms with Crippen LogP contribution in [0.15, 0.2) is 84.9 Å². The molecule has 0 bridgehead atoms. The number of rotatable bonds is 5. The highest BCUT2D eigenvalue weighted by Crippen LogP contribution is 2.41. The highest BCUT2D eigenvalue weighted by atomic mass is 19.4. The predicted octanol–water partition coefficient (Wildman–Crippen LogP) is 3.51. The van der Waals surface area contributed by atoms with Gasteiger partial charge in [0.15, 0.2) is 6.04 Å². The van der Waals surface area contributed by atoms with Crippen molar-refractivity contribution in [2.24, 2.45) is 0 Å². The van der Waals surface area contributed by atoms with Crippen LogP contribution in [-0.2, 0) is 4.79 Å². The van der Waals surface area contributed by atoms with Crippen molar-refractivity contribution in [3.05, 3.63) is 90.5 Å². The Kier molecular flexibility index (Phi) is 6.03. The summed E-state index contributed by atoms with van der Waals surface area (Å²) in [7, 11) is 1.43. The van der Waals surface area contributed by atoms with Crippen LogP contribution >= 0.6 is 0 Å². The molecule has 2 N–H and O–H groups in total. The Labute approximate surface area is 192 Å². The van der Waals surface area contributed by atoms with Gasteiger partial charge in [0.25, 0.3) is 17.5 Å². The zero-order valence-electron chi connectivity index (χ0n) is 17.9. The van der Waals surface area contributed by atoms with E-state index in [1.165, 1.54) is 79.9 Å². The van der Waals surface area contributed by atoms with Gasteiger partial charge in [0, 0.05) is 11.3 Å². The third-order valence-corrected chi connectivity index (χ3v) is 5.43. The highest BCUT2D eigenvalue weighted by Gasteiger charge is 2.69. The normalized spacial score (nSPS) is 20.3. The van der Waals surface area contributed by atoms with Gasteiger partial charge in [-0.3, -0.25) is 14.5 Å². The smallest absolute Gasteiger partial charge is 0.435 e. The number of methoxy groups -OCH3 is 1. The van der Waals surface area contributed by atoms with Gasteiger partial charge in [-0.25, -0.2) is 5.01 Å². The molecule has 1 heterocycles. The molecular weight excluding hydrogens is 451 g/mol. The Balaban J connectivity index is 1.87. The van der Waals surface area contributed by atoms with Gasteiger partial charge in [-0.15, -0.1) is 0 Å². The average molecular weight is 471 g/mol. The van der Waals surface area contributed by atoms with Gasteiger partial charge in [-0.2, -0.15) is 18.6 Å². The molecule has 3 aromatic carbocycles. The maximum Gasteiger partial charge on any atom is 0.435 e. The summed E-state index contributed by atoms with van der Waals surface area (Å²) in [6.45, 7) is 0. The number of ether oxygens (including phenoxy) is 1. The molecule has 2 unspecified atom stereocenters. The lowest BCUT2D eigenvalue weighted by molar-refractivity contribution is -0.270. The number of carbonyl (C=O) groups excluding carboxylic acids is 2. The van der Waals surface area contributed by atoms with E-state index in [0.29, 0.717) is 15.7 Å². The van der Waals surface area contributed by atoms with Crippen molar-refractivity contribution in [2.75, 3.05) is 17.0 Å². The lowest BCUT2D eigenvalue weighted by Gasteiger charge is -2.36. The second kappa shape index (κ2) is 8.81. The summed E-state index contributed by atoms with van der Waals surface area (Å²) < 4.78 is 47.8. The van der Waals surface area contributed by atoms with Crippen LogP contribution in [0.2, 0.25) is 0 Å². The van der Waals surface area contributed by atoms with Crippen LogP contribution in [0.5, 0.6) is 5.75 Å². The molecule has 0 spiro atoms. The van der Waals surface area contributed by atoms with Gasteiger partial charge in [0.1, 0.15) is 5.75 Å². The molecule has 0 saturated carbocycles. The first kappa shape index (κ1) is 23.3. The Bertz CT molecular complexity index is 1170. The van der Waals surface area contributed by atoms with Crippen molar-refractivity contribution >= 4 is 23.2 Å². The number of nitrogens with zero attached hydrogens (tertiary/aromatic N) is 2. The van der Waals surface area contributed by atoms with E-state index in [9.17, 15) is 27.9 Å². The fourth-order valence-corrected chi connectivity index (χ4v) is 3.72. The van der Waals surface area contributed by atoms with Gasteiger partial charge < -0.3 is 9.84 Å². The minimum absolute atomic E-state index is 0.000128. The number of hydrogen-bond acceptors (Lipinski definition) is 5. The second-order valence-corrected chi connectivity index (χ2v) is 7.53. The van der Waals surface area contributed by atoms with Crippen molar-refractivity contribution in [2.45, 2.75) is 17.9 Å². The molecule has 0 aliphatic carbocycles. The molecule has 2 atom stereocenters. The van der Waals surface area contributed by atoms with Gasteiger partial charge in [-0.05, 0) is 48.5 Å². The summed E-state index contributed by atoms with van der Waals surface area (Å²) in [5.74, 6) is -1.63. The largest absolute Gasteiger partial charge is 0.497 e. The number of anilines is 2. The molecule has 34 heavy (non-hydrogen) atoms. The molecule has 7 nitrogen and oxygen atoms in total. The Hall–Kier alpha value is -3.89. The molecule has 0 radical (unpaired) electrons. The summed E-state index contributed by atoms with van der Waals surface area (Å²) in [6, 6.07) is 18.2. The Morgan fingerprint density at radius 3 is 2.09 bits per heavy atom. The number of hydrogen-bond donors (Lipinski definition) is 2. The monoisotopic (exact) mass is 471 g/mol. The van der Waals surface area contributed by atoms with Gasteiger partial charge in [0.05, 0.1) is 12.8 Å². The van der Waals surface area contributed by atoms with Crippen LogP contribution in [0.3, 0.4) is 0 Å². The topological polar surface area (TPSA) is 82.1 Å². The molecular formula is C24H20F3N3O4. The van der Waals surface area contributed by atoms with E-state index >= 15 is 0 Å². The highest BCUT2D eigenvalue weighted by molar-refractivity contribution is 6.13. The Morgan fingerprint density at radius 2 is 1.56 bits per heavy atom. The summed E-state index contributed by atoms with van der Waals surface area (Å²) in [5.41, 5.74) is -1.79. The van der Waals surface area contributed by atoms with Crippen LogP contribution in [0, 0.1) is 0 Å². The van der Waals surface area contributed by atoms with Gasteiger partial charge >= 0.3 is 6.18 Å². The fourth-order valence-electron chi connectivity index (χ4n) is 3.72. The van der Waals surface area contributed by atoms with Crippen LogP contribution in [0.25, 0.3) is 0 Å². The van der Waals surface area contributed by atoms with Crippen molar-refractivity contribution < 1.29 is 32.6 Å². The molecule has 3 aromatic rings. The van der Waals surface area contributed by atoms with Crippen LogP contribution in [0.1, 0.15) is 10.4 Å². The van der Waals surface area contributed by atoms with E-state index < -0.39 is 29.8 Å². The lowest BCUT2D eigenvalue weighted by Crippen LogP contribution is -2.66. The van der Waals surface area contributed by atoms with Crippen molar-refractivity contribution in [3.63, 3.8) is 0 Å². The number of nitrogens with one attached hydrogen (secondary N) is 1. The first-order chi connectivity index (χ1) is 16.2. The maximum absolute atomic E-state index is 14.3. The summed E-state index contributed by atoms with van der Waals surface area (Å²) in [6.07, 6.45) is -5.32. The summed E-state index contributed by atoms with van der Waals surface area (Å²) >= 11 is 0.